The fourth-order valence-electron chi connectivity index (χ4n) is 2.62. The Morgan fingerprint density at radius 1 is 1.50 bits per heavy atom. The van der Waals surface area contributed by atoms with Gasteiger partial charge < -0.3 is 15.0 Å². The Labute approximate surface area is 137 Å². The van der Waals surface area contributed by atoms with Gasteiger partial charge in [0, 0.05) is 37.5 Å². The fourth-order valence-corrected chi connectivity index (χ4v) is 3.21. The number of nitrogens with zero attached hydrogens (tertiary/aromatic N) is 2. The monoisotopic (exact) mass is 325 g/mol. The molecule has 6 heteroatoms. The van der Waals surface area contributed by atoms with E-state index in [0.717, 1.165) is 44.6 Å². The minimum absolute atomic E-state index is 0.182. The molecule has 0 spiro atoms. The summed E-state index contributed by atoms with van der Waals surface area (Å²) in [5.74, 6) is 0. The number of aromatic nitrogens is 1. The molecule has 5 nitrogen and oxygen atoms in total. The van der Waals surface area contributed by atoms with E-state index in [-0.39, 0.29) is 12.1 Å². The molecule has 0 radical (unpaired) electrons. The van der Waals surface area contributed by atoms with Crippen LogP contribution in [0, 0.1) is 0 Å². The number of hydrogen-bond acceptors (Lipinski definition) is 5. The van der Waals surface area contributed by atoms with Crippen LogP contribution in [0.2, 0.25) is 0 Å². The zero-order valence-electron chi connectivity index (χ0n) is 13.8. The molecule has 0 bridgehead atoms. The zero-order valence-corrected chi connectivity index (χ0v) is 14.6. The predicted octanol–water partition coefficient (Wildman–Crippen LogP) is 3.06. The van der Waals surface area contributed by atoms with Crippen molar-refractivity contribution < 1.29 is 9.53 Å². The lowest BCUT2D eigenvalue weighted by atomic mass is 10.0. The lowest BCUT2D eigenvalue weighted by molar-refractivity contribution is 0.00999. The number of carbonyl (C=O) groups is 1. The Balaban J connectivity index is 1.77. The van der Waals surface area contributed by atoms with Gasteiger partial charge in [-0.1, -0.05) is 0 Å². The molecule has 2 rings (SSSR count). The summed E-state index contributed by atoms with van der Waals surface area (Å²) in [4.78, 5) is 18.5. The standard InChI is InChI=1S/C16H27N3O2S/c1-16(2,3)21-15(20)19-9-5-4-6-14(19)10-17-8-7-13-11-22-12-18-13/h11-12,14,17H,4-10H2,1-3H3. The summed E-state index contributed by atoms with van der Waals surface area (Å²) >= 11 is 1.63. The molecule has 1 N–H and O–H groups in total. The first-order chi connectivity index (χ1) is 10.5. The summed E-state index contributed by atoms with van der Waals surface area (Å²) in [6, 6.07) is 0.235. The average Bonchev–Trinajstić information content (AvgIpc) is 2.95. The molecule has 22 heavy (non-hydrogen) atoms. The molecule has 1 aromatic heterocycles. The number of piperidine rings is 1. The van der Waals surface area contributed by atoms with E-state index in [1.807, 2.05) is 31.2 Å². The van der Waals surface area contributed by atoms with Crippen LogP contribution in [0.4, 0.5) is 4.79 Å². The zero-order chi connectivity index (χ0) is 16.0. The molecule has 1 unspecified atom stereocenters. The largest absolute Gasteiger partial charge is 0.444 e. The first-order valence-electron chi connectivity index (χ1n) is 8.03. The molecule has 0 saturated carbocycles. The second-order valence-electron chi connectivity index (χ2n) is 6.76. The molecular formula is C16H27N3O2S. The van der Waals surface area contributed by atoms with E-state index in [1.54, 1.807) is 11.3 Å². The Morgan fingerprint density at radius 3 is 3.00 bits per heavy atom. The summed E-state index contributed by atoms with van der Waals surface area (Å²) in [7, 11) is 0. The van der Waals surface area contributed by atoms with Gasteiger partial charge in [0.2, 0.25) is 0 Å². The molecule has 1 amide bonds. The van der Waals surface area contributed by atoms with Crippen molar-refractivity contribution in [1.29, 1.82) is 0 Å². The first-order valence-corrected chi connectivity index (χ1v) is 8.97. The molecule has 0 aliphatic carbocycles. The molecule has 1 aromatic rings. The van der Waals surface area contributed by atoms with Gasteiger partial charge in [-0.15, -0.1) is 11.3 Å². The van der Waals surface area contributed by atoms with Crippen molar-refractivity contribution in [1.82, 2.24) is 15.2 Å². The highest BCUT2D eigenvalue weighted by molar-refractivity contribution is 7.07. The summed E-state index contributed by atoms with van der Waals surface area (Å²) in [6.45, 7) is 8.25. The number of amides is 1. The van der Waals surface area contributed by atoms with E-state index >= 15 is 0 Å². The third-order valence-corrected chi connectivity index (χ3v) is 4.31. The van der Waals surface area contributed by atoms with Gasteiger partial charge in [-0.25, -0.2) is 9.78 Å². The van der Waals surface area contributed by atoms with Gasteiger partial charge in [-0.3, -0.25) is 0 Å². The number of rotatable bonds is 5. The molecule has 1 aliphatic heterocycles. The van der Waals surface area contributed by atoms with E-state index in [0.29, 0.717) is 0 Å². The lowest BCUT2D eigenvalue weighted by Gasteiger charge is -2.36. The number of nitrogens with one attached hydrogen (secondary N) is 1. The second kappa shape index (κ2) is 7.92. The highest BCUT2D eigenvalue weighted by atomic mass is 32.1. The highest BCUT2D eigenvalue weighted by Gasteiger charge is 2.30. The van der Waals surface area contributed by atoms with Crippen LogP contribution in [0.15, 0.2) is 10.9 Å². The summed E-state index contributed by atoms with van der Waals surface area (Å²) < 4.78 is 5.52. The number of ether oxygens (including phenoxy) is 1. The summed E-state index contributed by atoms with van der Waals surface area (Å²) in [5.41, 5.74) is 2.56. The smallest absolute Gasteiger partial charge is 0.410 e. The van der Waals surface area contributed by atoms with Crippen LogP contribution < -0.4 is 5.32 Å². The van der Waals surface area contributed by atoms with Crippen molar-refractivity contribution in [3.63, 3.8) is 0 Å². The number of thiazole rings is 1. The molecule has 1 saturated heterocycles. The maximum absolute atomic E-state index is 12.3. The molecule has 124 valence electrons. The number of hydrogen-bond donors (Lipinski definition) is 1. The molecular weight excluding hydrogens is 298 g/mol. The van der Waals surface area contributed by atoms with E-state index in [1.165, 1.54) is 6.42 Å². The van der Waals surface area contributed by atoms with Crippen molar-refractivity contribution in [3.05, 3.63) is 16.6 Å². The minimum atomic E-state index is -0.433. The average molecular weight is 325 g/mol. The molecule has 2 heterocycles. The Bertz CT molecular complexity index is 456. The van der Waals surface area contributed by atoms with Crippen LogP contribution in [0.25, 0.3) is 0 Å². The first kappa shape index (κ1) is 17.2. The van der Waals surface area contributed by atoms with Crippen molar-refractivity contribution >= 4 is 17.4 Å². The molecule has 1 fully saturated rings. The van der Waals surface area contributed by atoms with Crippen molar-refractivity contribution in [2.24, 2.45) is 0 Å². The normalized spacial score (nSPS) is 19.2. The molecule has 1 aliphatic rings. The van der Waals surface area contributed by atoms with Gasteiger partial charge in [0.05, 0.1) is 11.2 Å². The van der Waals surface area contributed by atoms with Gasteiger partial charge in [0.15, 0.2) is 0 Å². The van der Waals surface area contributed by atoms with Gasteiger partial charge >= 0.3 is 6.09 Å². The van der Waals surface area contributed by atoms with E-state index in [4.69, 9.17) is 4.74 Å². The molecule has 0 aromatic carbocycles. The van der Waals surface area contributed by atoms with Crippen LogP contribution in [0.3, 0.4) is 0 Å². The van der Waals surface area contributed by atoms with Gasteiger partial charge in [-0.2, -0.15) is 0 Å². The van der Waals surface area contributed by atoms with Crippen molar-refractivity contribution in [2.45, 2.75) is 58.1 Å². The van der Waals surface area contributed by atoms with E-state index in [9.17, 15) is 4.79 Å². The predicted molar refractivity (Wildman–Crippen MR) is 89.3 cm³/mol. The Hall–Kier alpha value is -1.14. The second-order valence-corrected chi connectivity index (χ2v) is 7.48. The van der Waals surface area contributed by atoms with Crippen LogP contribution in [-0.4, -0.2) is 47.3 Å². The van der Waals surface area contributed by atoms with Gasteiger partial charge in [-0.05, 0) is 40.0 Å². The van der Waals surface area contributed by atoms with Crippen molar-refractivity contribution in [2.75, 3.05) is 19.6 Å². The highest BCUT2D eigenvalue weighted by Crippen LogP contribution is 2.20. The third-order valence-electron chi connectivity index (χ3n) is 3.68. The van der Waals surface area contributed by atoms with E-state index in [2.05, 4.69) is 15.7 Å². The SMILES string of the molecule is CC(C)(C)OC(=O)N1CCCCC1CNCCc1cscn1. The Kier molecular flexibility index (Phi) is 6.20. The van der Waals surface area contributed by atoms with E-state index < -0.39 is 5.60 Å². The van der Waals surface area contributed by atoms with Crippen LogP contribution in [0.5, 0.6) is 0 Å². The van der Waals surface area contributed by atoms with Crippen LogP contribution in [0.1, 0.15) is 45.7 Å². The summed E-state index contributed by atoms with van der Waals surface area (Å²) in [5, 5.41) is 5.53. The topological polar surface area (TPSA) is 54.5 Å². The molecule has 1 atom stereocenters. The maximum Gasteiger partial charge on any atom is 0.410 e. The quantitative estimate of drug-likeness (QED) is 0.845. The van der Waals surface area contributed by atoms with Crippen LogP contribution in [-0.2, 0) is 11.2 Å². The number of likely N-dealkylation sites (tertiary alicyclic amines) is 1. The van der Waals surface area contributed by atoms with Gasteiger partial charge in [0.25, 0.3) is 0 Å². The summed E-state index contributed by atoms with van der Waals surface area (Å²) in [6.07, 6.45) is 4.04. The maximum atomic E-state index is 12.3. The number of carbonyl (C=O) groups excluding carboxylic acids is 1. The lowest BCUT2D eigenvalue weighted by Crippen LogP contribution is -2.50. The van der Waals surface area contributed by atoms with Crippen molar-refractivity contribution in [3.8, 4) is 0 Å². The van der Waals surface area contributed by atoms with Gasteiger partial charge in [0.1, 0.15) is 5.60 Å². The Morgan fingerprint density at radius 2 is 2.32 bits per heavy atom. The third kappa shape index (κ3) is 5.57. The van der Waals surface area contributed by atoms with Crippen LogP contribution >= 0.6 is 11.3 Å². The fraction of sp³-hybridized carbons (Fsp3) is 0.750. The minimum Gasteiger partial charge on any atom is -0.444 e.